The van der Waals surface area contributed by atoms with Gasteiger partial charge >= 0.3 is 5.97 Å². The monoisotopic (exact) mass is 287 g/mol. The van der Waals surface area contributed by atoms with Crippen LogP contribution in [0.25, 0.3) is 21.5 Å². The average Bonchev–Trinajstić information content (AvgIpc) is 3.04. The summed E-state index contributed by atoms with van der Waals surface area (Å²) in [5.74, 6) is -1.20. The summed E-state index contributed by atoms with van der Waals surface area (Å²) in [6.45, 7) is 1.44. The minimum absolute atomic E-state index is 0.0320. The van der Waals surface area contributed by atoms with E-state index >= 15 is 0 Å². The Hall–Kier alpha value is -2.54. The van der Waals surface area contributed by atoms with Crippen molar-refractivity contribution in [3.8, 4) is 10.6 Å². The smallest absolute Gasteiger partial charge is 0.355 e. The first-order valence-corrected chi connectivity index (χ1v) is 6.62. The van der Waals surface area contributed by atoms with E-state index in [0.29, 0.717) is 5.01 Å². The molecule has 0 amide bonds. The number of carboxylic acid groups (broad SMARTS) is 1. The molecule has 6 nitrogen and oxygen atoms in total. The normalized spacial score (nSPS) is 10.8. The maximum Gasteiger partial charge on any atom is 0.355 e. The Balaban J connectivity index is 2.08. The topological polar surface area (TPSA) is 85.1 Å². The van der Waals surface area contributed by atoms with Crippen LogP contribution in [-0.4, -0.2) is 31.7 Å². The van der Waals surface area contributed by atoms with Gasteiger partial charge < -0.3 is 5.11 Å². The molecule has 20 heavy (non-hydrogen) atoms. The fraction of sp³-hybridized carbons (Fsp3) is 0.0769. The van der Waals surface area contributed by atoms with Crippen LogP contribution in [0.5, 0.6) is 0 Å². The van der Waals surface area contributed by atoms with Crippen LogP contribution in [0, 0.1) is 0 Å². The summed E-state index contributed by atoms with van der Waals surface area (Å²) >= 11 is 1.27. The number of carboxylic acids is 1. The highest BCUT2D eigenvalue weighted by Crippen LogP contribution is 2.27. The molecule has 2 heterocycles. The maximum absolute atomic E-state index is 11.4. The fourth-order valence-corrected chi connectivity index (χ4v) is 2.71. The number of rotatable bonds is 2. The van der Waals surface area contributed by atoms with Crippen LogP contribution in [0.4, 0.5) is 0 Å². The molecule has 0 atom stereocenters. The van der Waals surface area contributed by atoms with Gasteiger partial charge in [0.1, 0.15) is 5.01 Å². The minimum Gasteiger partial charge on any atom is -0.476 e. The molecule has 1 N–H and O–H groups in total. The lowest BCUT2D eigenvalue weighted by atomic mass is 10.2. The summed E-state index contributed by atoms with van der Waals surface area (Å²) in [4.78, 5) is 26.3. The standard InChI is InChI=1S/C13H9N3O3S/c1-7(17)16-11-3-2-8(4-9(11)5-14-16)12-15-10(6-20-12)13(18)19/h2-6H,1H3,(H,18,19). The van der Waals surface area contributed by atoms with Gasteiger partial charge in [-0.3, -0.25) is 4.79 Å². The molecule has 3 rings (SSSR count). The van der Waals surface area contributed by atoms with Gasteiger partial charge in [0.15, 0.2) is 5.69 Å². The largest absolute Gasteiger partial charge is 0.476 e. The van der Waals surface area contributed by atoms with Crippen molar-refractivity contribution in [2.24, 2.45) is 0 Å². The van der Waals surface area contributed by atoms with Crippen LogP contribution in [0.15, 0.2) is 29.8 Å². The predicted molar refractivity (Wildman–Crippen MR) is 74.1 cm³/mol. The molecule has 0 fully saturated rings. The molecule has 0 radical (unpaired) electrons. The van der Waals surface area contributed by atoms with E-state index in [0.717, 1.165) is 16.5 Å². The summed E-state index contributed by atoms with van der Waals surface area (Å²) in [5, 5.41) is 15.8. The van der Waals surface area contributed by atoms with Gasteiger partial charge in [-0.25, -0.2) is 14.5 Å². The molecular formula is C13H9N3O3S. The van der Waals surface area contributed by atoms with E-state index in [9.17, 15) is 9.59 Å². The zero-order valence-electron chi connectivity index (χ0n) is 10.4. The first-order chi connectivity index (χ1) is 9.56. The third-order valence-corrected chi connectivity index (χ3v) is 3.73. The van der Waals surface area contributed by atoms with Crippen molar-refractivity contribution in [3.63, 3.8) is 0 Å². The van der Waals surface area contributed by atoms with Crippen molar-refractivity contribution in [1.82, 2.24) is 14.8 Å². The molecule has 0 saturated carbocycles. The Morgan fingerprint density at radius 1 is 1.35 bits per heavy atom. The Morgan fingerprint density at radius 3 is 2.80 bits per heavy atom. The molecule has 0 unspecified atom stereocenters. The third-order valence-electron chi connectivity index (χ3n) is 2.84. The van der Waals surface area contributed by atoms with E-state index in [2.05, 4.69) is 10.1 Å². The Kier molecular flexibility index (Phi) is 2.83. The lowest BCUT2D eigenvalue weighted by Crippen LogP contribution is -2.06. The molecule has 2 aromatic heterocycles. The zero-order chi connectivity index (χ0) is 14.3. The molecule has 3 aromatic rings. The van der Waals surface area contributed by atoms with Crippen LogP contribution in [0.3, 0.4) is 0 Å². The summed E-state index contributed by atoms with van der Waals surface area (Å²) in [5.41, 5.74) is 1.55. The van der Waals surface area contributed by atoms with Gasteiger partial charge in [-0.15, -0.1) is 11.3 Å². The molecule has 0 spiro atoms. The molecule has 0 aliphatic carbocycles. The number of benzene rings is 1. The van der Waals surface area contributed by atoms with Crippen molar-refractivity contribution >= 4 is 34.1 Å². The van der Waals surface area contributed by atoms with Crippen molar-refractivity contribution < 1.29 is 14.7 Å². The Bertz CT molecular complexity index is 834. The van der Waals surface area contributed by atoms with E-state index in [1.54, 1.807) is 18.3 Å². The number of hydrogen-bond acceptors (Lipinski definition) is 5. The molecule has 0 aliphatic rings. The molecule has 7 heteroatoms. The van der Waals surface area contributed by atoms with E-state index in [1.165, 1.54) is 28.3 Å². The lowest BCUT2D eigenvalue weighted by molar-refractivity contribution is 0.0691. The summed E-state index contributed by atoms with van der Waals surface area (Å²) in [6, 6.07) is 5.42. The van der Waals surface area contributed by atoms with Crippen molar-refractivity contribution in [3.05, 3.63) is 35.5 Å². The Labute approximate surface area is 117 Å². The quantitative estimate of drug-likeness (QED) is 0.782. The van der Waals surface area contributed by atoms with Gasteiger partial charge in [-0.05, 0) is 18.2 Å². The van der Waals surface area contributed by atoms with Crippen LogP contribution in [0.1, 0.15) is 22.2 Å². The van der Waals surface area contributed by atoms with Gasteiger partial charge in [0.25, 0.3) is 0 Å². The van der Waals surface area contributed by atoms with Crippen LogP contribution in [0.2, 0.25) is 0 Å². The molecule has 0 saturated heterocycles. The Morgan fingerprint density at radius 2 is 2.15 bits per heavy atom. The lowest BCUT2D eigenvalue weighted by Gasteiger charge is -1.99. The number of carbonyl (C=O) groups is 2. The van der Waals surface area contributed by atoms with Crippen molar-refractivity contribution in [1.29, 1.82) is 0 Å². The minimum atomic E-state index is -1.04. The van der Waals surface area contributed by atoms with E-state index < -0.39 is 5.97 Å². The number of carbonyl (C=O) groups excluding carboxylic acids is 1. The fourth-order valence-electron chi connectivity index (χ4n) is 1.92. The van der Waals surface area contributed by atoms with Gasteiger partial charge in [0.05, 0.1) is 11.7 Å². The van der Waals surface area contributed by atoms with Gasteiger partial charge in [0.2, 0.25) is 5.91 Å². The molecule has 0 bridgehead atoms. The van der Waals surface area contributed by atoms with Gasteiger partial charge in [0, 0.05) is 23.3 Å². The number of nitrogens with zero attached hydrogens (tertiary/aromatic N) is 3. The number of aromatic nitrogens is 3. The maximum atomic E-state index is 11.4. The number of thiazole rings is 1. The van der Waals surface area contributed by atoms with E-state index in [4.69, 9.17) is 5.11 Å². The highest BCUT2D eigenvalue weighted by molar-refractivity contribution is 7.13. The first-order valence-electron chi connectivity index (χ1n) is 5.74. The van der Waals surface area contributed by atoms with Crippen molar-refractivity contribution in [2.75, 3.05) is 0 Å². The number of fused-ring (bicyclic) bond motifs is 1. The average molecular weight is 287 g/mol. The molecule has 100 valence electrons. The molecule has 0 aliphatic heterocycles. The van der Waals surface area contributed by atoms with E-state index in [1.807, 2.05) is 6.07 Å². The highest BCUT2D eigenvalue weighted by Gasteiger charge is 2.12. The van der Waals surface area contributed by atoms with Gasteiger partial charge in [-0.2, -0.15) is 5.10 Å². The summed E-state index contributed by atoms with van der Waals surface area (Å²) < 4.78 is 1.32. The highest BCUT2D eigenvalue weighted by atomic mass is 32.1. The number of hydrogen-bond donors (Lipinski definition) is 1. The second kappa shape index (κ2) is 4.53. The zero-order valence-corrected chi connectivity index (χ0v) is 11.2. The summed E-state index contributed by atoms with van der Waals surface area (Å²) in [7, 11) is 0. The van der Waals surface area contributed by atoms with Crippen molar-refractivity contribution in [2.45, 2.75) is 6.92 Å². The second-order valence-electron chi connectivity index (χ2n) is 4.19. The summed E-state index contributed by atoms with van der Waals surface area (Å²) in [6.07, 6.45) is 1.60. The second-order valence-corrected chi connectivity index (χ2v) is 5.05. The molecule has 1 aromatic carbocycles. The molecular weight excluding hydrogens is 278 g/mol. The van der Waals surface area contributed by atoms with E-state index in [-0.39, 0.29) is 11.6 Å². The van der Waals surface area contributed by atoms with Gasteiger partial charge in [-0.1, -0.05) is 0 Å². The number of aromatic carboxylic acids is 1. The predicted octanol–water partition coefficient (Wildman–Crippen LogP) is 2.52. The first kappa shape index (κ1) is 12.5. The van der Waals surface area contributed by atoms with Crippen LogP contribution < -0.4 is 0 Å². The third kappa shape index (κ3) is 1.97. The SMILES string of the molecule is CC(=O)n1ncc2cc(-c3nc(C(=O)O)cs3)ccc21. The van der Waals surface area contributed by atoms with Crippen LogP contribution in [-0.2, 0) is 0 Å². The van der Waals surface area contributed by atoms with Crippen LogP contribution >= 0.6 is 11.3 Å².